The number of carbonyl (C=O) groups excluding carboxylic acids is 1. The molecule has 0 saturated carbocycles. The summed E-state index contributed by atoms with van der Waals surface area (Å²) < 4.78 is 0. The van der Waals surface area contributed by atoms with Crippen LogP contribution >= 0.6 is 0 Å². The molecule has 1 atom stereocenters. The molecule has 0 amide bonds. The molecule has 1 aliphatic carbocycles. The summed E-state index contributed by atoms with van der Waals surface area (Å²) in [5.74, 6) is 0.461. The first-order valence-corrected chi connectivity index (χ1v) is 4.56. The molecular formula is C11H12O2. The van der Waals surface area contributed by atoms with Gasteiger partial charge in [-0.15, -0.1) is 0 Å². The lowest BCUT2D eigenvalue weighted by atomic mass is 9.98. The zero-order valence-electron chi connectivity index (χ0n) is 7.36. The van der Waals surface area contributed by atoms with E-state index in [1.165, 1.54) is 0 Å². The number of aliphatic hydroxyl groups excluding tert-OH is 1. The second-order valence-corrected chi connectivity index (χ2v) is 3.42. The van der Waals surface area contributed by atoms with E-state index in [-0.39, 0.29) is 18.3 Å². The van der Waals surface area contributed by atoms with E-state index in [4.69, 9.17) is 5.11 Å². The number of rotatable bonds is 2. The number of aliphatic hydroxyl groups is 1. The lowest BCUT2D eigenvalue weighted by Gasteiger charge is -2.06. The third kappa shape index (κ3) is 1.38. The van der Waals surface area contributed by atoms with Gasteiger partial charge in [-0.05, 0) is 17.9 Å². The Hall–Kier alpha value is -1.15. The number of carbonyl (C=O) groups is 1. The van der Waals surface area contributed by atoms with Gasteiger partial charge in [-0.1, -0.05) is 24.3 Å². The van der Waals surface area contributed by atoms with Gasteiger partial charge in [0.25, 0.3) is 0 Å². The maximum atomic E-state index is 11.5. The number of ketones is 1. The van der Waals surface area contributed by atoms with Crippen LogP contribution in [0, 0.1) is 0 Å². The zero-order valence-corrected chi connectivity index (χ0v) is 7.36. The predicted octanol–water partition coefficient (Wildman–Crippen LogP) is 1.74. The van der Waals surface area contributed by atoms with Gasteiger partial charge in [-0.2, -0.15) is 0 Å². The maximum absolute atomic E-state index is 11.5. The summed E-state index contributed by atoms with van der Waals surface area (Å²) in [6.45, 7) is 0.159. The first-order chi connectivity index (χ1) is 6.33. The average Bonchev–Trinajstić information content (AvgIpc) is 2.46. The molecule has 0 bridgehead atoms. The van der Waals surface area contributed by atoms with Crippen LogP contribution in [0.5, 0.6) is 0 Å². The van der Waals surface area contributed by atoms with Crippen LogP contribution in [0.15, 0.2) is 24.3 Å². The summed E-state index contributed by atoms with van der Waals surface area (Å²) in [5.41, 5.74) is 1.96. The molecule has 1 N–H and O–H groups in total. The summed E-state index contributed by atoms with van der Waals surface area (Å²) in [5, 5.41) is 8.83. The highest BCUT2D eigenvalue weighted by atomic mass is 16.3. The largest absolute Gasteiger partial charge is 0.396 e. The molecule has 2 rings (SSSR count). The van der Waals surface area contributed by atoms with Crippen LogP contribution in [-0.2, 0) is 0 Å². The Morgan fingerprint density at radius 3 is 2.92 bits per heavy atom. The Morgan fingerprint density at radius 1 is 1.38 bits per heavy atom. The van der Waals surface area contributed by atoms with Gasteiger partial charge in [0, 0.05) is 18.6 Å². The smallest absolute Gasteiger partial charge is 0.163 e. The molecule has 0 spiro atoms. The van der Waals surface area contributed by atoms with Crippen molar-refractivity contribution in [1.29, 1.82) is 0 Å². The number of Topliss-reactive ketones (excluding diaryl/α,β-unsaturated/α-hetero) is 1. The number of hydrogen-bond acceptors (Lipinski definition) is 2. The van der Waals surface area contributed by atoms with E-state index in [0.29, 0.717) is 12.8 Å². The molecule has 0 aliphatic heterocycles. The van der Waals surface area contributed by atoms with Crippen LogP contribution in [0.2, 0.25) is 0 Å². The number of benzene rings is 1. The van der Waals surface area contributed by atoms with Crippen molar-refractivity contribution in [2.24, 2.45) is 0 Å². The quantitative estimate of drug-likeness (QED) is 0.745. The van der Waals surface area contributed by atoms with Crippen LogP contribution in [0.25, 0.3) is 0 Å². The molecule has 2 nitrogen and oxygen atoms in total. The summed E-state index contributed by atoms with van der Waals surface area (Å²) in [4.78, 5) is 11.5. The summed E-state index contributed by atoms with van der Waals surface area (Å²) in [6.07, 6.45) is 1.27. The fourth-order valence-corrected chi connectivity index (χ4v) is 1.96. The van der Waals surface area contributed by atoms with Crippen molar-refractivity contribution >= 4 is 5.78 Å². The van der Waals surface area contributed by atoms with Crippen molar-refractivity contribution in [3.8, 4) is 0 Å². The molecular weight excluding hydrogens is 164 g/mol. The van der Waals surface area contributed by atoms with Crippen LogP contribution < -0.4 is 0 Å². The SMILES string of the molecule is O=C1C[C@H](CCO)c2ccccc21. The third-order valence-electron chi connectivity index (χ3n) is 2.61. The van der Waals surface area contributed by atoms with Crippen LogP contribution in [0.3, 0.4) is 0 Å². The minimum atomic E-state index is 0.159. The molecule has 0 unspecified atom stereocenters. The summed E-state index contributed by atoms with van der Waals surface area (Å²) in [7, 11) is 0. The van der Waals surface area contributed by atoms with Crippen molar-refractivity contribution in [3.05, 3.63) is 35.4 Å². The Kier molecular flexibility index (Phi) is 2.15. The molecule has 2 heteroatoms. The van der Waals surface area contributed by atoms with Gasteiger partial charge in [0.05, 0.1) is 0 Å². The van der Waals surface area contributed by atoms with Crippen molar-refractivity contribution < 1.29 is 9.90 Å². The van der Waals surface area contributed by atoms with Crippen molar-refractivity contribution in [3.63, 3.8) is 0 Å². The molecule has 1 aromatic rings. The van der Waals surface area contributed by atoms with Crippen molar-refractivity contribution in [1.82, 2.24) is 0 Å². The lowest BCUT2D eigenvalue weighted by molar-refractivity contribution is 0.0986. The second kappa shape index (κ2) is 3.30. The Morgan fingerprint density at radius 2 is 2.15 bits per heavy atom. The van der Waals surface area contributed by atoms with Crippen molar-refractivity contribution in [2.45, 2.75) is 18.8 Å². The molecule has 0 aromatic heterocycles. The number of hydrogen-bond donors (Lipinski definition) is 1. The number of fused-ring (bicyclic) bond motifs is 1. The Balaban J connectivity index is 2.36. The van der Waals surface area contributed by atoms with Gasteiger partial charge in [0.1, 0.15) is 0 Å². The van der Waals surface area contributed by atoms with E-state index in [2.05, 4.69) is 0 Å². The fraction of sp³-hybridized carbons (Fsp3) is 0.364. The third-order valence-corrected chi connectivity index (χ3v) is 2.61. The molecule has 0 radical (unpaired) electrons. The molecule has 0 heterocycles. The highest BCUT2D eigenvalue weighted by molar-refractivity contribution is 6.01. The van der Waals surface area contributed by atoms with Gasteiger partial charge >= 0.3 is 0 Å². The van der Waals surface area contributed by atoms with Gasteiger partial charge in [0.2, 0.25) is 0 Å². The zero-order chi connectivity index (χ0) is 9.26. The standard InChI is InChI=1S/C11H12O2/c12-6-5-8-7-11(13)10-4-2-1-3-9(8)10/h1-4,8,12H,5-7H2/t8-/m0/s1. The van der Waals surface area contributed by atoms with Gasteiger partial charge in [-0.3, -0.25) is 4.79 Å². The topological polar surface area (TPSA) is 37.3 Å². The molecule has 1 aliphatic rings. The monoisotopic (exact) mass is 176 g/mol. The van der Waals surface area contributed by atoms with Crippen LogP contribution in [0.1, 0.15) is 34.7 Å². The van der Waals surface area contributed by atoms with Gasteiger partial charge in [-0.25, -0.2) is 0 Å². The first kappa shape index (κ1) is 8.45. The van der Waals surface area contributed by atoms with Gasteiger partial charge < -0.3 is 5.11 Å². The van der Waals surface area contributed by atoms with E-state index < -0.39 is 0 Å². The molecule has 1 aromatic carbocycles. The molecule has 68 valence electrons. The van der Waals surface area contributed by atoms with Gasteiger partial charge in [0.15, 0.2) is 5.78 Å². The minimum Gasteiger partial charge on any atom is -0.396 e. The highest BCUT2D eigenvalue weighted by Crippen LogP contribution is 2.34. The average molecular weight is 176 g/mol. The van der Waals surface area contributed by atoms with Crippen LogP contribution in [-0.4, -0.2) is 17.5 Å². The fourth-order valence-electron chi connectivity index (χ4n) is 1.96. The maximum Gasteiger partial charge on any atom is 0.163 e. The lowest BCUT2D eigenvalue weighted by Crippen LogP contribution is -1.96. The molecule has 13 heavy (non-hydrogen) atoms. The van der Waals surface area contributed by atoms with E-state index in [0.717, 1.165) is 11.1 Å². The summed E-state index contributed by atoms with van der Waals surface area (Å²) >= 11 is 0. The second-order valence-electron chi connectivity index (χ2n) is 3.42. The van der Waals surface area contributed by atoms with E-state index in [1.54, 1.807) is 0 Å². The predicted molar refractivity (Wildman–Crippen MR) is 49.8 cm³/mol. The van der Waals surface area contributed by atoms with Crippen molar-refractivity contribution in [2.75, 3.05) is 6.61 Å². The highest BCUT2D eigenvalue weighted by Gasteiger charge is 2.27. The molecule has 0 saturated heterocycles. The van der Waals surface area contributed by atoms with E-state index >= 15 is 0 Å². The normalized spacial score (nSPS) is 20.4. The Labute approximate surface area is 77.2 Å². The first-order valence-electron chi connectivity index (χ1n) is 4.56. The summed E-state index contributed by atoms with van der Waals surface area (Å²) in [6, 6.07) is 7.69. The van der Waals surface area contributed by atoms with E-state index in [9.17, 15) is 4.79 Å². The van der Waals surface area contributed by atoms with Crippen LogP contribution in [0.4, 0.5) is 0 Å². The molecule has 0 fully saturated rings. The van der Waals surface area contributed by atoms with E-state index in [1.807, 2.05) is 24.3 Å². The Bertz CT molecular complexity index is 331. The minimum absolute atomic E-state index is 0.159.